The van der Waals surface area contributed by atoms with Crippen LogP contribution in [0.5, 0.6) is 0 Å². The van der Waals surface area contributed by atoms with Crippen LogP contribution >= 0.6 is 0 Å². The molecule has 1 nitrogen and oxygen atoms in total. The fraction of sp³-hybridized carbons (Fsp3) is 0.333. The molecule has 1 heterocycles. The van der Waals surface area contributed by atoms with Gasteiger partial charge in [0.05, 0.1) is 0 Å². The minimum absolute atomic E-state index is 0.123. The number of anilines is 1. The molecule has 0 radical (unpaired) electrons. The Morgan fingerprint density at radius 1 is 0.857 bits per heavy atom. The number of hydrogen-bond acceptors (Lipinski definition) is 1. The highest BCUT2D eigenvalue weighted by molar-refractivity contribution is 5.67. The van der Waals surface area contributed by atoms with E-state index in [1.54, 1.807) is 5.56 Å². The number of nitrogens with zero attached hydrogens (tertiary/aromatic N) is 1. The number of fused-ring (bicyclic) bond motifs is 2. The Balaban J connectivity index is 1.78. The van der Waals surface area contributed by atoms with Gasteiger partial charge in [0.2, 0.25) is 0 Å². The number of likely N-dealkylation sites (N-methyl/N-ethyl adjacent to an activating group) is 1. The molecule has 4 atom stereocenters. The van der Waals surface area contributed by atoms with Crippen LogP contribution in [0.25, 0.3) is 0 Å². The Morgan fingerprint density at radius 2 is 1.50 bits per heavy atom. The van der Waals surface area contributed by atoms with Gasteiger partial charge in [-0.05, 0) is 53.9 Å². The number of benzene rings is 3. The van der Waals surface area contributed by atoms with E-state index in [1.807, 2.05) is 0 Å². The first kappa shape index (κ1) is 17.6. The molecule has 1 aliphatic carbocycles. The van der Waals surface area contributed by atoms with E-state index in [4.69, 9.17) is 0 Å². The van der Waals surface area contributed by atoms with Crippen molar-refractivity contribution in [3.8, 4) is 0 Å². The average Bonchev–Trinajstić information content (AvgIpc) is 3.17. The lowest BCUT2D eigenvalue weighted by atomic mass is 9.63. The summed E-state index contributed by atoms with van der Waals surface area (Å²) in [6.45, 7) is 5.80. The van der Waals surface area contributed by atoms with Crippen LogP contribution in [0, 0.1) is 12.8 Å². The van der Waals surface area contributed by atoms with Crippen molar-refractivity contribution in [2.75, 3.05) is 18.5 Å². The van der Waals surface area contributed by atoms with Crippen LogP contribution in [-0.2, 0) is 5.41 Å². The van der Waals surface area contributed by atoms with Gasteiger partial charge in [-0.15, -0.1) is 0 Å². The van der Waals surface area contributed by atoms with Crippen LogP contribution in [0.4, 0.5) is 5.69 Å². The lowest BCUT2D eigenvalue weighted by Crippen LogP contribution is -2.39. The van der Waals surface area contributed by atoms with E-state index >= 15 is 0 Å². The third kappa shape index (κ3) is 2.45. The monoisotopic (exact) mass is 367 g/mol. The van der Waals surface area contributed by atoms with Gasteiger partial charge >= 0.3 is 0 Å². The standard InChI is InChI=1S/C27H29N/c1-19-14-15-25-24(16-19)27(18-28(25)3)23(21-10-6-4-7-11-21)17-20(2)26(27)22-12-8-5-9-13-22/h4-16,20,23,26H,17-18H2,1-3H3. The van der Waals surface area contributed by atoms with E-state index in [9.17, 15) is 0 Å². The van der Waals surface area contributed by atoms with Crippen molar-refractivity contribution >= 4 is 5.69 Å². The van der Waals surface area contributed by atoms with Crippen LogP contribution in [0.1, 0.15) is 47.4 Å². The van der Waals surface area contributed by atoms with E-state index in [2.05, 4.69) is 105 Å². The predicted octanol–water partition coefficient (Wildman–Crippen LogP) is 6.29. The second-order valence-corrected chi connectivity index (χ2v) is 8.98. The Labute approximate surface area is 169 Å². The second kappa shape index (κ2) is 6.51. The highest BCUT2D eigenvalue weighted by Gasteiger charge is 2.59. The summed E-state index contributed by atoms with van der Waals surface area (Å²) < 4.78 is 0. The van der Waals surface area contributed by atoms with Crippen molar-refractivity contribution in [2.45, 2.75) is 37.5 Å². The molecule has 4 unspecified atom stereocenters. The van der Waals surface area contributed by atoms with Crippen molar-refractivity contribution in [3.05, 3.63) is 101 Å². The zero-order valence-electron chi connectivity index (χ0n) is 17.1. The van der Waals surface area contributed by atoms with Gasteiger partial charge in [0.15, 0.2) is 0 Å². The zero-order valence-corrected chi connectivity index (χ0v) is 17.1. The molecule has 1 fully saturated rings. The Bertz CT molecular complexity index is 978. The molecule has 0 N–H and O–H groups in total. The van der Waals surface area contributed by atoms with Crippen LogP contribution in [0.2, 0.25) is 0 Å². The van der Waals surface area contributed by atoms with Crippen molar-refractivity contribution in [1.82, 2.24) is 0 Å². The molecule has 1 saturated carbocycles. The van der Waals surface area contributed by atoms with Gasteiger partial charge in [0.25, 0.3) is 0 Å². The van der Waals surface area contributed by atoms with E-state index in [0.29, 0.717) is 17.8 Å². The Kier molecular flexibility index (Phi) is 4.08. The molecular formula is C27H29N. The summed E-state index contributed by atoms with van der Waals surface area (Å²) in [6.07, 6.45) is 1.24. The minimum Gasteiger partial charge on any atom is -0.373 e. The van der Waals surface area contributed by atoms with Gasteiger partial charge in [-0.3, -0.25) is 0 Å². The Morgan fingerprint density at radius 3 is 2.18 bits per heavy atom. The van der Waals surface area contributed by atoms with Gasteiger partial charge in [0.1, 0.15) is 0 Å². The number of hydrogen-bond donors (Lipinski definition) is 0. The van der Waals surface area contributed by atoms with Gasteiger partial charge in [-0.25, -0.2) is 0 Å². The van der Waals surface area contributed by atoms with Crippen molar-refractivity contribution in [3.63, 3.8) is 0 Å². The van der Waals surface area contributed by atoms with Gasteiger partial charge in [-0.1, -0.05) is 85.3 Å². The molecule has 0 saturated heterocycles. The van der Waals surface area contributed by atoms with E-state index < -0.39 is 0 Å². The number of rotatable bonds is 2. The highest BCUT2D eigenvalue weighted by Crippen LogP contribution is 2.65. The summed E-state index contributed by atoms with van der Waals surface area (Å²) in [4.78, 5) is 2.50. The van der Waals surface area contributed by atoms with Crippen LogP contribution < -0.4 is 4.90 Å². The maximum Gasteiger partial charge on any atom is 0.0403 e. The molecule has 142 valence electrons. The smallest absolute Gasteiger partial charge is 0.0403 e. The summed E-state index contributed by atoms with van der Waals surface area (Å²) in [7, 11) is 2.27. The molecule has 1 aliphatic heterocycles. The van der Waals surface area contributed by atoms with E-state index in [1.165, 1.54) is 28.8 Å². The van der Waals surface area contributed by atoms with Gasteiger partial charge in [0, 0.05) is 24.7 Å². The highest BCUT2D eigenvalue weighted by atomic mass is 15.1. The third-order valence-electron chi connectivity index (χ3n) is 7.28. The van der Waals surface area contributed by atoms with Crippen molar-refractivity contribution in [1.29, 1.82) is 0 Å². The first-order chi connectivity index (χ1) is 13.6. The molecule has 3 aromatic carbocycles. The zero-order chi connectivity index (χ0) is 19.3. The lowest BCUT2D eigenvalue weighted by molar-refractivity contribution is 0.356. The summed E-state index contributed by atoms with van der Waals surface area (Å²) in [5.41, 5.74) is 7.46. The van der Waals surface area contributed by atoms with Gasteiger partial charge in [-0.2, -0.15) is 0 Å². The van der Waals surface area contributed by atoms with E-state index in [-0.39, 0.29) is 5.41 Å². The molecule has 3 aromatic rings. The second-order valence-electron chi connectivity index (χ2n) is 8.98. The molecule has 1 heteroatoms. The maximum absolute atomic E-state index is 2.50. The van der Waals surface area contributed by atoms with Crippen molar-refractivity contribution in [2.24, 2.45) is 5.92 Å². The normalized spacial score (nSPS) is 28.7. The summed E-state index contributed by atoms with van der Waals surface area (Å²) in [5.74, 6) is 1.72. The summed E-state index contributed by atoms with van der Waals surface area (Å²) in [5, 5.41) is 0. The maximum atomic E-state index is 2.50. The molecule has 5 rings (SSSR count). The lowest BCUT2D eigenvalue weighted by Gasteiger charge is -2.39. The van der Waals surface area contributed by atoms with E-state index in [0.717, 1.165) is 6.54 Å². The molecule has 28 heavy (non-hydrogen) atoms. The largest absolute Gasteiger partial charge is 0.373 e. The molecule has 0 amide bonds. The average molecular weight is 368 g/mol. The summed E-state index contributed by atoms with van der Waals surface area (Å²) in [6, 6.07) is 29.6. The van der Waals surface area contributed by atoms with Crippen LogP contribution in [-0.4, -0.2) is 13.6 Å². The quantitative estimate of drug-likeness (QED) is 0.514. The molecular weight excluding hydrogens is 338 g/mol. The van der Waals surface area contributed by atoms with Crippen molar-refractivity contribution < 1.29 is 0 Å². The first-order valence-electron chi connectivity index (χ1n) is 10.5. The Hall–Kier alpha value is -2.54. The van der Waals surface area contributed by atoms with Crippen LogP contribution in [0.3, 0.4) is 0 Å². The molecule has 0 bridgehead atoms. The topological polar surface area (TPSA) is 3.24 Å². The fourth-order valence-corrected chi connectivity index (χ4v) is 6.33. The first-order valence-corrected chi connectivity index (χ1v) is 10.5. The summed E-state index contributed by atoms with van der Waals surface area (Å²) >= 11 is 0. The third-order valence-corrected chi connectivity index (χ3v) is 7.28. The van der Waals surface area contributed by atoms with Crippen LogP contribution in [0.15, 0.2) is 78.9 Å². The fourth-order valence-electron chi connectivity index (χ4n) is 6.33. The molecule has 2 aliphatic rings. The molecule has 1 spiro atoms. The number of aryl methyl sites for hydroxylation is 1. The predicted molar refractivity (Wildman–Crippen MR) is 118 cm³/mol. The van der Waals surface area contributed by atoms with Gasteiger partial charge < -0.3 is 4.90 Å². The molecule has 0 aromatic heterocycles. The SMILES string of the molecule is Cc1ccc2c(c1)C1(CN2C)C(c2ccccc2)CC(C)C1c1ccccc1. The minimum atomic E-state index is 0.123.